The average molecular weight is 409 g/mol. The number of nitrogens with zero attached hydrogens (tertiary/aromatic N) is 1. The molecule has 2 rings (SSSR count). The van der Waals surface area contributed by atoms with Crippen molar-refractivity contribution in [2.75, 3.05) is 0 Å². The second-order valence-corrected chi connectivity index (χ2v) is 8.02. The number of rotatable bonds is 4. The molecule has 0 bridgehead atoms. The van der Waals surface area contributed by atoms with E-state index in [-0.39, 0.29) is 5.41 Å². The zero-order valence-corrected chi connectivity index (χ0v) is 16.0. The van der Waals surface area contributed by atoms with Gasteiger partial charge in [0.2, 0.25) is 0 Å². The van der Waals surface area contributed by atoms with E-state index in [1.54, 1.807) is 17.4 Å². The highest BCUT2D eigenvalue weighted by atomic mass is 79.9. The van der Waals surface area contributed by atoms with Crippen molar-refractivity contribution >= 4 is 50.5 Å². The highest BCUT2D eigenvalue weighted by molar-refractivity contribution is 9.08. The van der Waals surface area contributed by atoms with Crippen molar-refractivity contribution < 1.29 is 4.74 Å². The Balaban J connectivity index is 2.15. The van der Waals surface area contributed by atoms with Crippen molar-refractivity contribution in [3.63, 3.8) is 0 Å². The number of thiazole rings is 1. The molecule has 2 aromatic rings. The third-order valence-corrected chi connectivity index (χ3v) is 4.81. The zero-order valence-electron chi connectivity index (χ0n) is 12.0. The molecule has 21 heavy (non-hydrogen) atoms. The Morgan fingerprint density at radius 1 is 1.29 bits per heavy atom. The largest absolute Gasteiger partial charge is 0.485 e. The highest BCUT2D eigenvalue weighted by Crippen LogP contribution is 2.34. The molecule has 0 radical (unpaired) electrons. The quantitative estimate of drug-likeness (QED) is 0.560. The molecule has 0 spiro atoms. The fraction of sp³-hybridized carbons (Fsp3) is 0.400. The van der Waals surface area contributed by atoms with Crippen molar-refractivity contribution in [2.45, 2.75) is 38.1 Å². The summed E-state index contributed by atoms with van der Waals surface area (Å²) >= 11 is 17.2. The number of ether oxygens (including phenoxy) is 1. The maximum atomic E-state index is 6.21. The van der Waals surface area contributed by atoms with Crippen LogP contribution in [0.1, 0.15) is 37.0 Å². The minimum Gasteiger partial charge on any atom is -0.485 e. The number of alkyl halides is 1. The third-order valence-electron chi connectivity index (χ3n) is 2.89. The van der Waals surface area contributed by atoms with Crippen LogP contribution in [0.2, 0.25) is 10.0 Å². The Morgan fingerprint density at radius 2 is 2.00 bits per heavy atom. The minimum absolute atomic E-state index is 0.0493. The Hall–Kier alpha value is -0.290. The van der Waals surface area contributed by atoms with E-state index in [0.717, 1.165) is 16.3 Å². The molecular weight excluding hydrogens is 393 g/mol. The lowest BCUT2D eigenvalue weighted by atomic mass is 9.93. The average Bonchev–Trinajstić information content (AvgIpc) is 2.85. The number of halogens is 3. The summed E-state index contributed by atoms with van der Waals surface area (Å²) in [5, 5.41) is 4.77. The summed E-state index contributed by atoms with van der Waals surface area (Å²) in [6.07, 6.45) is 0. The summed E-state index contributed by atoms with van der Waals surface area (Å²) in [4.78, 5) is 4.61. The summed E-state index contributed by atoms with van der Waals surface area (Å²) < 4.78 is 5.85. The molecule has 0 aliphatic carbocycles. The van der Waals surface area contributed by atoms with Crippen LogP contribution in [0.15, 0.2) is 17.5 Å². The molecular formula is C15H16BrCl2NOS. The summed E-state index contributed by atoms with van der Waals surface area (Å²) in [7, 11) is 0. The first-order chi connectivity index (χ1) is 9.81. The van der Waals surface area contributed by atoms with Crippen LogP contribution in [-0.2, 0) is 17.4 Å². The summed E-state index contributed by atoms with van der Waals surface area (Å²) in [6.45, 7) is 6.84. The molecule has 114 valence electrons. The first-order valence-electron chi connectivity index (χ1n) is 6.43. The smallest absolute Gasteiger partial charge is 0.142 e. The Kier molecular flexibility index (Phi) is 5.58. The summed E-state index contributed by atoms with van der Waals surface area (Å²) in [5.41, 5.74) is 2.06. The predicted molar refractivity (Wildman–Crippen MR) is 94.2 cm³/mol. The molecule has 1 aromatic carbocycles. The molecule has 0 unspecified atom stereocenters. The van der Waals surface area contributed by atoms with E-state index in [0.29, 0.717) is 27.7 Å². The van der Waals surface area contributed by atoms with Gasteiger partial charge in [-0.1, -0.05) is 59.9 Å². The van der Waals surface area contributed by atoms with Gasteiger partial charge in [-0.3, -0.25) is 0 Å². The molecule has 1 aromatic heterocycles. The van der Waals surface area contributed by atoms with Crippen LogP contribution in [0, 0.1) is 0 Å². The molecule has 1 heterocycles. The van der Waals surface area contributed by atoms with Crippen molar-refractivity contribution in [2.24, 2.45) is 0 Å². The van der Waals surface area contributed by atoms with Crippen molar-refractivity contribution in [3.8, 4) is 5.75 Å². The third kappa shape index (κ3) is 4.35. The van der Waals surface area contributed by atoms with Crippen LogP contribution in [0.3, 0.4) is 0 Å². The number of benzene rings is 1. The molecule has 0 aliphatic rings. The van der Waals surface area contributed by atoms with Crippen LogP contribution in [0.4, 0.5) is 0 Å². The second kappa shape index (κ2) is 6.86. The van der Waals surface area contributed by atoms with E-state index in [4.69, 9.17) is 27.9 Å². The molecule has 0 fully saturated rings. The van der Waals surface area contributed by atoms with Gasteiger partial charge in [0.25, 0.3) is 0 Å². The Bertz CT molecular complexity index is 637. The second-order valence-electron chi connectivity index (χ2n) is 5.67. The van der Waals surface area contributed by atoms with Crippen LogP contribution in [-0.4, -0.2) is 4.98 Å². The SMILES string of the molecule is CC(C)(C)c1csc(COc2c(Cl)cc(Cl)cc2CBr)n1. The van der Waals surface area contributed by atoms with Crippen molar-refractivity contribution in [1.29, 1.82) is 0 Å². The van der Waals surface area contributed by atoms with Crippen LogP contribution in [0.5, 0.6) is 5.75 Å². The van der Waals surface area contributed by atoms with E-state index in [2.05, 4.69) is 47.1 Å². The number of hydrogen-bond donors (Lipinski definition) is 0. The van der Waals surface area contributed by atoms with E-state index in [9.17, 15) is 0 Å². The molecule has 0 N–H and O–H groups in total. The molecule has 0 saturated heterocycles. The number of aromatic nitrogens is 1. The van der Waals surface area contributed by atoms with Gasteiger partial charge in [0.15, 0.2) is 0 Å². The van der Waals surface area contributed by atoms with Gasteiger partial charge >= 0.3 is 0 Å². The molecule has 0 amide bonds. The van der Waals surface area contributed by atoms with Gasteiger partial charge in [-0.15, -0.1) is 11.3 Å². The van der Waals surface area contributed by atoms with Crippen LogP contribution < -0.4 is 4.74 Å². The molecule has 2 nitrogen and oxygen atoms in total. The highest BCUT2D eigenvalue weighted by Gasteiger charge is 2.18. The van der Waals surface area contributed by atoms with Gasteiger partial charge in [-0.25, -0.2) is 4.98 Å². The number of hydrogen-bond acceptors (Lipinski definition) is 3. The lowest BCUT2D eigenvalue weighted by Gasteiger charge is -2.14. The van der Waals surface area contributed by atoms with Gasteiger partial charge in [0, 0.05) is 26.7 Å². The Labute approximate surface area is 147 Å². The van der Waals surface area contributed by atoms with Gasteiger partial charge < -0.3 is 4.74 Å². The fourth-order valence-corrected chi connectivity index (χ4v) is 3.67. The maximum Gasteiger partial charge on any atom is 0.142 e. The van der Waals surface area contributed by atoms with Gasteiger partial charge in [-0.2, -0.15) is 0 Å². The lowest BCUT2D eigenvalue weighted by molar-refractivity contribution is 0.303. The van der Waals surface area contributed by atoms with E-state index in [1.165, 1.54) is 0 Å². The van der Waals surface area contributed by atoms with Crippen molar-refractivity contribution in [1.82, 2.24) is 4.98 Å². The van der Waals surface area contributed by atoms with E-state index < -0.39 is 0 Å². The summed E-state index contributed by atoms with van der Waals surface area (Å²) in [5.74, 6) is 0.658. The molecule has 0 atom stereocenters. The zero-order chi connectivity index (χ0) is 15.6. The minimum atomic E-state index is 0.0493. The van der Waals surface area contributed by atoms with E-state index in [1.807, 2.05) is 6.07 Å². The first-order valence-corrected chi connectivity index (χ1v) is 9.18. The van der Waals surface area contributed by atoms with Crippen LogP contribution >= 0.6 is 50.5 Å². The molecule has 0 saturated carbocycles. The van der Waals surface area contributed by atoms with Gasteiger partial charge in [-0.05, 0) is 12.1 Å². The van der Waals surface area contributed by atoms with Gasteiger partial charge in [0.05, 0.1) is 10.7 Å². The summed E-state index contributed by atoms with van der Waals surface area (Å²) in [6, 6.07) is 3.53. The lowest BCUT2D eigenvalue weighted by Crippen LogP contribution is -2.11. The topological polar surface area (TPSA) is 22.1 Å². The van der Waals surface area contributed by atoms with Gasteiger partial charge in [0.1, 0.15) is 17.4 Å². The molecule has 6 heteroatoms. The van der Waals surface area contributed by atoms with Crippen molar-refractivity contribution in [3.05, 3.63) is 43.8 Å². The van der Waals surface area contributed by atoms with E-state index >= 15 is 0 Å². The first kappa shape index (κ1) is 17.1. The monoisotopic (exact) mass is 407 g/mol. The fourth-order valence-electron chi connectivity index (χ4n) is 1.73. The normalized spacial score (nSPS) is 11.7. The standard InChI is InChI=1S/C15H16BrCl2NOS/c1-15(2,3)12-8-21-13(19-12)7-20-14-9(6-16)4-10(17)5-11(14)18/h4-5,8H,6-7H2,1-3H3. The molecule has 0 aliphatic heterocycles. The van der Waals surface area contributed by atoms with Crippen LogP contribution in [0.25, 0.3) is 0 Å². The Morgan fingerprint density at radius 3 is 2.57 bits per heavy atom. The predicted octanol–water partition coefficient (Wildman–Crippen LogP) is 6.22. The maximum absolute atomic E-state index is 6.21.